The molecule has 4 rings (SSSR count). The Hall–Kier alpha value is -3.46. The van der Waals surface area contributed by atoms with Gasteiger partial charge < -0.3 is 10.1 Å². The largest absolute Gasteiger partial charge is 0.497 e. The van der Waals surface area contributed by atoms with Crippen molar-refractivity contribution in [1.82, 2.24) is 10.3 Å². The molecule has 8 nitrogen and oxygen atoms in total. The van der Waals surface area contributed by atoms with Crippen LogP contribution < -0.4 is 20.4 Å². The molecule has 1 unspecified atom stereocenters. The Morgan fingerprint density at radius 1 is 1.22 bits per heavy atom. The number of nitrogens with zero attached hydrogens (tertiary/aromatic N) is 3. The summed E-state index contributed by atoms with van der Waals surface area (Å²) in [5.74, 6) is 0.981. The molecule has 0 radical (unpaired) electrons. The molecule has 2 heterocycles. The zero-order valence-corrected chi connectivity index (χ0v) is 18.9. The molecule has 2 aliphatic heterocycles. The van der Waals surface area contributed by atoms with E-state index in [1.807, 2.05) is 42.5 Å². The fourth-order valence-corrected chi connectivity index (χ4v) is 4.14. The van der Waals surface area contributed by atoms with Crippen LogP contribution in [0.5, 0.6) is 5.75 Å². The predicted molar refractivity (Wildman–Crippen MR) is 127 cm³/mol. The number of carbonyl (C=O) groups excluding carboxylic acids is 2. The van der Waals surface area contributed by atoms with Crippen molar-refractivity contribution in [1.29, 1.82) is 0 Å². The summed E-state index contributed by atoms with van der Waals surface area (Å²) in [6.07, 6.45) is 2.81. The van der Waals surface area contributed by atoms with Gasteiger partial charge in [-0.2, -0.15) is 5.10 Å². The van der Waals surface area contributed by atoms with Crippen molar-refractivity contribution in [2.24, 2.45) is 5.10 Å². The quantitative estimate of drug-likeness (QED) is 0.699. The number of methoxy groups -OCH3 is 1. The zero-order valence-electron chi connectivity index (χ0n) is 18.1. The number of thioether (sulfide) groups is 1. The fourth-order valence-electron chi connectivity index (χ4n) is 3.37. The normalized spacial score (nSPS) is 17.2. The van der Waals surface area contributed by atoms with Crippen molar-refractivity contribution in [2.75, 3.05) is 23.1 Å². The molecule has 0 bridgehead atoms. The third-order valence-corrected chi connectivity index (χ3v) is 6.12. The lowest BCUT2D eigenvalue weighted by Crippen LogP contribution is -2.52. The number of nitrogens with one attached hydrogen (secondary N) is 2. The third kappa shape index (κ3) is 4.57. The number of anilines is 2. The summed E-state index contributed by atoms with van der Waals surface area (Å²) in [5, 5.41) is 7.71. The van der Waals surface area contributed by atoms with Gasteiger partial charge in [0.2, 0.25) is 12.1 Å². The van der Waals surface area contributed by atoms with Gasteiger partial charge >= 0.3 is 0 Å². The number of amidine groups is 1. The highest BCUT2D eigenvalue weighted by Crippen LogP contribution is 2.28. The van der Waals surface area contributed by atoms with Gasteiger partial charge in [0.1, 0.15) is 5.75 Å². The maximum Gasteiger partial charge on any atom is 0.276 e. The number of hydrazone groups is 1. The SMILES string of the molecule is COc1cccc(N2C=CN3C(SCC(=O)Nc4ccc(C(C)C)cc4)=NNC3C2=O)c1. The van der Waals surface area contributed by atoms with E-state index in [-0.39, 0.29) is 17.6 Å². The van der Waals surface area contributed by atoms with E-state index in [4.69, 9.17) is 4.74 Å². The minimum Gasteiger partial charge on any atom is -0.497 e. The number of fused-ring (bicyclic) bond motifs is 1. The van der Waals surface area contributed by atoms with Gasteiger partial charge in [-0.1, -0.05) is 43.8 Å². The molecule has 1 atom stereocenters. The summed E-state index contributed by atoms with van der Waals surface area (Å²) in [4.78, 5) is 28.6. The maximum atomic E-state index is 13.0. The van der Waals surface area contributed by atoms with E-state index in [0.29, 0.717) is 22.5 Å². The van der Waals surface area contributed by atoms with Gasteiger partial charge in [0.05, 0.1) is 18.6 Å². The predicted octanol–water partition coefficient (Wildman–Crippen LogP) is 3.51. The first kappa shape index (κ1) is 21.8. The third-order valence-electron chi connectivity index (χ3n) is 5.15. The fraction of sp³-hybridized carbons (Fsp3) is 0.261. The molecule has 2 aliphatic rings. The lowest BCUT2D eigenvalue weighted by atomic mass is 10.0. The Morgan fingerprint density at radius 2 is 2.00 bits per heavy atom. The van der Waals surface area contributed by atoms with Crippen LogP contribution >= 0.6 is 11.8 Å². The second kappa shape index (κ2) is 9.35. The van der Waals surface area contributed by atoms with E-state index >= 15 is 0 Å². The molecule has 2 aromatic carbocycles. The summed E-state index contributed by atoms with van der Waals surface area (Å²) in [5.41, 5.74) is 5.55. The highest BCUT2D eigenvalue weighted by molar-refractivity contribution is 8.14. The van der Waals surface area contributed by atoms with Crippen molar-refractivity contribution >= 4 is 40.1 Å². The van der Waals surface area contributed by atoms with Crippen LogP contribution in [0.2, 0.25) is 0 Å². The number of amides is 2. The molecule has 0 saturated heterocycles. The Kier molecular flexibility index (Phi) is 6.36. The summed E-state index contributed by atoms with van der Waals surface area (Å²) in [7, 11) is 1.58. The minimum absolute atomic E-state index is 0.135. The van der Waals surface area contributed by atoms with Crippen LogP contribution in [0.15, 0.2) is 66.0 Å². The second-order valence-corrected chi connectivity index (χ2v) is 8.60. The van der Waals surface area contributed by atoms with Crippen molar-refractivity contribution in [2.45, 2.75) is 25.9 Å². The first-order chi connectivity index (χ1) is 15.5. The number of hydrogen-bond acceptors (Lipinski definition) is 7. The Morgan fingerprint density at radius 3 is 2.72 bits per heavy atom. The summed E-state index contributed by atoms with van der Waals surface area (Å²) >= 11 is 1.27. The standard InChI is InChI=1S/C23H25N5O3S/c1-15(2)16-7-9-17(10-8-16)24-20(29)14-32-23-26-25-21-22(30)27(11-12-28(21)23)18-5-4-6-19(13-18)31-3/h4-13,15,21,25H,14H2,1-3H3,(H,24,29). The first-order valence-corrected chi connectivity index (χ1v) is 11.2. The average molecular weight is 452 g/mol. The number of hydrogen-bond donors (Lipinski definition) is 2. The van der Waals surface area contributed by atoms with Crippen LogP contribution in [0.25, 0.3) is 0 Å². The monoisotopic (exact) mass is 451 g/mol. The van der Waals surface area contributed by atoms with Crippen LogP contribution in [-0.4, -0.2) is 40.9 Å². The highest BCUT2D eigenvalue weighted by Gasteiger charge is 2.38. The summed E-state index contributed by atoms with van der Waals surface area (Å²) < 4.78 is 5.25. The highest BCUT2D eigenvalue weighted by atomic mass is 32.2. The lowest BCUT2D eigenvalue weighted by molar-refractivity contribution is -0.122. The van der Waals surface area contributed by atoms with E-state index in [2.05, 4.69) is 29.7 Å². The lowest BCUT2D eigenvalue weighted by Gasteiger charge is -2.32. The second-order valence-electron chi connectivity index (χ2n) is 7.65. The van der Waals surface area contributed by atoms with Crippen LogP contribution in [0.1, 0.15) is 25.3 Å². The molecule has 9 heteroatoms. The number of benzene rings is 2. The van der Waals surface area contributed by atoms with Gasteiger partial charge in [-0.05, 0) is 35.7 Å². The molecule has 2 aromatic rings. The van der Waals surface area contributed by atoms with Crippen LogP contribution in [0.4, 0.5) is 11.4 Å². The Labute approximate surface area is 191 Å². The molecule has 0 aromatic heterocycles. The van der Waals surface area contributed by atoms with E-state index in [1.54, 1.807) is 35.4 Å². The molecular weight excluding hydrogens is 426 g/mol. The van der Waals surface area contributed by atoms with Crippen molar-refractivity contribution < 1.29 is 14.3 Å². The maximum absolute atomic E-state index is 13.0. The summed E-state index contributed by atoms with van der Waals surface area (Å²) in [6, 6.07) is 15.1. The summed E-state index contributed by atoms with van der Waals surface area (Å²) in [6.45, 7) is 4.26. The Balaban J connectivity index is 1.35. The molecule has 0 fully saturated rings. The Bertz CT molecular complexity index is 1070. The smallest absolute Gasteiger partial charge is 0.276 e. The molecular formula is C23H25N5O3S. The van der Waals surface area contributed by atoms with Crippen molar-refractivity contribution in [3.05, 3.63) is 66.5 Å². The van der Waals surface area contributed by atoms with Gasteiger partial charge in [0.15, 0.2) is 5.17 Å². The van der Waals surface area contributed by atoms with Gasteiger partial charge in [-0.15, -0.1) is 0 Å². The van der Waals surface area contributed by atoms with Crippen molar-refractivity contribution in [3.63, 3.8) is 0 Å². The van der Waals surface area contributed by atoms with E-state index in [0.717, 1.165) is 5.69 Å². The molecule has 0 saturated carbocycles. The van der Waals surface area contributed by atoms with Gasteiger partial charge in [0, 0.05) is 24.2 Å². The molecule has 2 amide bonds. The number of rotatable bonds is 6. The van der Waals surface area contributed by atoms with Crippen LogP contribution in [0, 0.1) is 0 Å². The molecule has 32 heavy (non-hydrogen) atoms. The van der Waals surface area contributed by atoms with E-state index < -0.39 is 6.17 Å². The van der Waals surface area contributed by atoms with Gasteiger partial charge in [-0.25, -0.2) is 0 Å². The molecule has 0 spiro atoms. The molecule has 2 N–H and O–H groups in total. The topological polar surface area (TPSA) is 86.3 Å². The van der Waals surface area contributed by atoms with Gasteiger partial charge in [0.25, 0.3) is 5.91 Å². The van der Waals surface area contributed by atoms with E-state index in [9.17, 15) is 9.59 Å². The molecule has 166 valence electrons. The first-order valence-electron chi connectivity index (χ1n) is 10.3. The number of carbonyl (C=O) groups is 2. The minimum atomic E-state index is -0.652. The van der Waals surface area contributed by atoms with E-state index in [1.165, 1.54) is 17.3 Å². The molecule has 0 aliphatic carbocycles. The van der Waals surface area contributed by atoms with Crippen LogP contribution in [-0.2, 0) is 9.59 Å². The van der Waals surface area contributed by atoms with Gasteiger partial charge in [-0.3, -0.25) is 24.8 Å². The average Bonchev–Trinajstić information content (AvgIpc) is 3.22. The zero-order chi connectivity index (χ0) is 22.7. The van der Waals surface area contributed by atoms with Crippen molar-refractivity contribution in [3.8, 4) is 5.75 Å². The number of ether oxygens (including phenoxy) is 1. The van der Waals surface area contributed by atoms with Crippen LogP contribution in [0.3, 0.4) is 0 Å².